The third-order valence-electron chi connectivity index (χ3n) is 2.93. The topological polar surface area (TPSA) is 39.7 Å². The lowest BCUT2D eigenvalue weighted by molar-refractivity contribution is -0.138. The largest absolute Gasteiger partial charge is 0.378 e. The van der Waals surface area contributed by atoms with Gasteiger partial charge in [-0.15, -0.1) is 0 Å². The standard InChI is InChI=1S/C13H27NO3/c1-3-15-13(16-4-2)8-10-14-9-7-12-6-5-11-17-12/h12-14H,3-11H2,1-2H3. The fourth-order valence-corrected chi connectivity index (χ4v) is 2.07. The molecule has 0 spiro atoms. The van der Waals surface area contributed by atoms with Gasteiger partial charge in [0.15, 0.2) is 6.29 Å². The highest BCUT2D eigenvalue weighted by Crippen LogP contribution is 2.14. The molecule has 17 heavy (non-hydrogen) atoms. The van der Waals surface area contributed by atoms with Crippen LogP contribution in [0.15, 0.2) is 0 Å². The Balaban J connectivity index is 1.93. The van der Waals surface area contributed by atoms with Crippen LogP contribution in [-0.4, -0.2) is 45.3 Å². The molecule has 0 radical (unpaired) electrons. The van der Waals surface area contributed by atoms with Crippen molar-refractivity contribution in [2.45, 2.75) is 51.9 Å². The first-order valence-electron chi connectivity index (χ1n) is 6.92. The maximum atomic E-state index is 5.57. The molecule has 0 aliphatic carbocycles. The van der Waals surface area contributed by atoms with E-state index >= 15 is 0 Å². The maximum Gasteiger partial charge on any atom is 0.158 e. The molecular formula is C13H27NO3. The van der Waals surface area contributed by atoms with Gasteiger partial charge in [-0.2, -0.15) is 0 Å². The predicted octanol–water partition coefficient (Wildman–Crippen LogP) is 1.93. The summed E-state index contributed by atoms with van der Waals surface area (Å²) in [6.07, 6.45) is 4.91. The van der Waals surface area contributed by atoms with Gasteiger partial charge in [0.05, 0.1) is 6.10 Å². The Kier molecular flexibility index (Phi) is 8.61. The summed E-state index contributed by atoms with van der Waals surface area (Å²) in [4.78, 5) is 0. The van der Waals surface area contributed by atoms with Crippen LogP contribution in [0.5, 0.6) is 0 Å². The third-order valence-corrected chi connectivity index (χ3v) is 2.93. The van der Waals surface area contributed by atoms with E-state index in [4.69, 9.17) is 14.2 Å². The van der Waals surface area contributed by atoms with E-state index in [1.54, 1.807) is 0 Å². The Morgan fingerprint density at radius 2 is 2.00 bits per heavy atom. The van der Waals surface area contributed by atoms with Gasteiger partial charge in [0, 0.05) is 26.2 Å². The quantitative estimate of drug-likeness (QED) is 0.471. The SMILES string of the molecule is CCOC(CCNCCC1CCCO1)OCC. The lowest BCUT2D eigenvalue weighted by atomic mass is 10.2. The Hall–Kier alpha value is -0.160. The van der Waals surface area contributed by atoms with Crippen LogP contribution >= 0.6 is 0 Å². The lowest BCUT2D eigenvalue weighted by Gasteiger charge is -2.17. The minimum atomic E-state index is -0.0553. The van der Waals surface area contributed by atoms with Gasteiger partial charge in [0.25, 0.3) is 0 Å². The Morgan fingerprint density at radius 1 is 1.24 bits per heavy atom. The Bertz CT molecular complexity index is 166. The molecule has 1 N–H and O–H groups in total. The van der Waals surface area contributed by atoms with Gasteiger partial charge < -0.3 is 19.5 Å². The van der Waals surface area contributed by atoms with Crippen LogP contribution in [0.1, 0.15) is 39.5 Å². The zero-order chi connectivity index (χ0) is 12.3. The number of hydrogen-bond donors (Lipinski definition) is 1. The number of nitrogens with one attached hydrogen (secondary N) is 1. The summed E-state index contributed by atoms with van der Waals surface area (Å²) in [5, 5.41) is 3.42. The van der Waals surface area contributed by atoms with Crippen molar-refractivity contribution in [3.05, 3.63) is 0 Å². The van der Waals surface area contributed by atoms with Crippen LogP contribution < -0.4 is 5.32 Å². The highest BCUT2D eigenvalue weighted by atomic mass is 16.7. The van der Waals surface area contributed by atoms with Crippen molar-refractivity contribution in [3.63, 3.8) is 0 Å². The normalized spacial score (nSPS) is 20.3. The molecule has 1 heterocycles. The van der Waals surface area contributed by atoms with Gasteiger partial charge in [-0.1, -0.05) is 0 Å². The summed E-state index contributed by atoms with van der Waals surface area (Å²) in [6, 6.07) is 0. The van der Waals surface area contributed by atoms with Crippen molar-refractivity contribution < 1.29 is 14.2 Å². The van der Waals surface area contributed by atoms with Crippen molar-refractivity contribution in [1.29, 1.82) is 0 Å². The fourth-order valence-electron chi connectivity index (χ4n) is 2.07. The predicted molar refractivity (Wildman–Crippen MR) is 68.1 cm³/mol. The van der Waals surface area contributed by atoms with Gasteiger partial charge in [0.1, 0.15) is 0 Å². The van der Waals surface area contributed by atoms with E-state index in [1.165, 1.54) is 12.8 Å². The number of hydrogen-bond acceptors (Lipinski definition) is 4. The van der Waals surface area contributed by atoms with E-state index in [2.05, 4.69) is 5.32 Å². The molecule has 0 saturated carbocycles. The van der Waals surface area contributed by atoms with Crippen LogP contribution in [0.2, 0.25) is 0 Å². The molecule has 4 heteroatoms. The molecule has 4 nitrogen and oxygen atoms in total. The average Bonchev–Trinajstić information content (AvgIpc) is 2.82. The molecule has 1 atom stereocenters. The van der Waals surface area contributed by atoms with E-state index < -0.39 is 0 Å². The van der Waals surface area contributed by atoms with Gasteiger partial charge >= 0.3 is 0 Å². The van der Waals surface area contributed by atoms with E-state index in [-0.39, 0.29) is 6.29 Å². The first-order chi connectivity index (χ1) is 8.36. The number of ether oxygens (including phenoxy) is 3. The van der Waals surface area contributed by atoms with Gasteiger partial charge in [-0.3, -0.25) is 0 Å². The lowest BCUT2D eigenvalue weighted by Crippen LogP contribution is -2.27. The fraction of sp³-hybridized carbons (Fsp3) is 1.00. The third kappa shape index (κ3) is 6.99. The summed E-state index contributed by atoms with van der Waals surface area (Å²) in [7, 11) is 0. The molecular weight excluding hydrogens is 218 g/mol. The van der Waals surface area contributed by atoms with E-state index in [0.29, 0.717) is 19.3 Å². The first-order valence-corrected chi connectivity index (χ1v) is 6.92. The monoisotopic (exact) mass is 245 g/mol. The van der Waals surface area contributed by atoms with Crippen LogP contribution in [0.3, 0.4) is 0 Å². The van der Waals surface area contributed by atoms with Crippen LogP contribution in [0, 0.1) is 0 Å². The molecule has 1 fully saturated rings. The average molecular weight is 245 g/mol. The van der Waals surface area contributed by atoms with Gasteiger partial charge in [-0.05, 0) is 46.2 Å². The van der Waals surface area contributed by atoms with E-state index in [1.807, 2.05) is 13.8 Å². The number of rotatable bonds is 10. The van der Waals surface area contributed by atoms with E-state index in [9.17, 15) is 0 Å². The summed E-state index contributed by atoms with van der Waals surface area (Å²) in [5.74, 6) is 0. The van der Waals surface area contributed by atoms with Gasteiger partial charge in [0.2, 0.25) is 0 Å². The molecule has 1 saturated heterocycles. The molecule has 1 rings (SSSR count). The van der Waals surface area contributed by atoms with Gasteiger partial charge in [-0.25, -0.2) is 0 Å². The van der Waals surface area contributed by atoms with Crippen molar-refractivity contribution >= 4 is 0 Å². The highest BCUT2D eigenvalue weighted by Gasteiger charge is 2.14. The molecule has 0 amide bonds. The highest BCUT2D eigenvalue weighted by molar-refractivity contribution is 4.66. The maximum absolute atomic E-state index is 5.57. The smallest absolute Gasteiger partial charge is 0.158 e. The van der Waals surface area contributed by atoms with Crippen molar-refractivity contribution in [2.75, 3.05) is 32.9 Å². The molecule has 1 unspecified atom stereocenters. The minimum absolute atomic E-state index is 0.0553. The summed E-state index contributed by atoms with van der Waals surface area (Å²) in [6.45, 7) is 8.32. The van der Waals surface area contributed by atoms with Crippen molar-refractivity contribution in [2.24, 2.45) is 0 Å². The second kappa shape index (κ2) is 9.83. The second-order valence-electron chi connectivity index (χ2n) is 4.30. The summed E-state index contributed by atoms with van der Waals surface area (Å²) in [5.41, 5.74) is 0. The first kappa shape index (κ1) is 14.9. The summed E-state index contributed by atoms with van der Waals surface area (Å²) >= 11 is 0. The molecule has 1 aliphatic rings. The van der Waals surface area contributed by atoms with Crippen LogP contribution in [0.25, 0.3) is 0 Å². The van der Waals surface area contributed by atoms with E-state index in [0.717, 1.165) is 32.5 Å². The Labute approximate surface area is 105 Å². The second-order valence-corrected chi connectivity index (χ2v) is 4.30. The molecule has 0 bridgehead atoms. The molecule has 1 aliphatic heterocycles. The molecule has 0 aromatic heterocycles. The molecule has 0 aromatic carbocycles. The Morgan fingerprint density at radius 3 is 2.59 bits per heavy atom. The van der Waals surface area contributed by atoms with Crippen LogP contribution in [0.4, 0.5) is 0 Å². The van der Waals surface area contributed by atoms with Crippen LogP contribution in [-0.2, 0) is 14.2 Å². The minimum Gasteiger partial charge on any atom is -0.378 e. The zero-order valence-corrected chi connectivity index (χ0v) is 11.2. The molecule has 102 valence electrons. The summed E-state index contributed by atoms with van der Waals surface area (Å²) < 4.78 is 16.5. The molecule has 0 aromatic rings. The van der Waals surface area contributed by atoms with Crippen molar-refractivity contribution in [1.82, 2.24) is 5.32 Å². The van der Waals surface area contributed by atoms with Crippen molar-refractivity contribution in [3.8, 4) is 0 Å². The zero-order valence-electron chi connectivity index (χ0n) is 11.2.